The summed E-state index contributed by atoms with van der Waals surface area (Å²) in [5.41, 5.74) is 2.07. The van der Waals surface area contributed by atoms with E-state index in [-0.39, 0.29) is 16.9 Å². The van der Waals surface area contributed by atoms with Gasteiger partial charge in [-0.2, -0.15) is 0 Å². The number of hydrogen-bond donors (Lipinski definition) is 4. The molecule has 14 atom stereocenters. The minimum absolute atomic E-state index is 0.202. The summed E-state index contributed by atoms with van der Waals surface area (Å²) in [6.07, 6.45) is 6.88. The van der Waals surface area contributed by atoms with Crippen molar-refractivity contribution in [3.63, 3.8) is 0 Å². The van der Waals surface area contributed by atoms with Crippen molar-refractivity contribution < 1.29 is 34.6 Å². The van der Waals surface area contributed by atoms with E-state index in [0.717, 1.165) is 38.0 Å². The molecule has 0 bridgehead atoms. The number of methoxy groups -OCH3 is 1. The van der Waals surface area contributed by atoms with Crippen LogP contribution in [0.5, 0.6) is 0 Å². The largest absolute Gasteiger partial charge is 0.394 e. The molecule has 0 spiro atoms. The Bertz CT molecular complexity index is 1040. The number of fused-ring (bicyclic) bond motifs is 5. The van der Waals surface area contributed by atoms with E-state index in [1.807, 2.05) is 7.11 Å². The predicted molar refractivity (Wildman–Crippen MR) is 172 cm³/mol. The first kappa shape index (κ1) is 34.8. The lowest BCUT2D eigenvalue weighted by Crippen LogP contribution is -2.61. The molecular weight excluding hydrogens is 556 g/mol. The monoisotopic (exact) mass is 620 g/mol. The quantitative estimate of drug-likeness (QED) is 0.239. The van der Waals surface area contributed by atoms with E-state index >= 15 is 0 Å². The van der Waals surface area contributed by atoms with E-state index in [9.17, 15) is 20.4 Å². The summed E-state index contributed by atoms with van der Waals surface area (Å²) in [4.78, 5) is 0. The van der Waals surface area contributed by atoms with Gasteiger partial charge in [-0.3, -0.25) is 0 Å². The Hall–Kier alpha value is -0.540. The molecule has 44 heavy (non-hydrogen) atoms. The summed E-state index contributed by atoms with van der Waals surface area (Å²) in [6.45, 7) is 19.0. The highest BCUT2D eigenvalue weighted by Gasteiger charge is 2.67. The Morgan fingerprint density at radius 1 is 0.886 bits per heavy atom. The zero-order valence-electron chi connectivity index (χ0n) is 29.1. The molecule has 4 N–H and O–H groups in total. The van der Waals surface area contributed by atoms with Crippen LogP contribution in [0.4, 0.5) is 0 Å². The van der Waals surface area contributed by atoms with E-state index in [2.05, 4.69) is 61.5 Å². The fourth-order valence-electron chi connectivity index (χ4n) is 11.6. The van der Waals surface area contributed by atoms with E-state index in [0.29, 0.717) is 40.6 Å². The van der Waals surface area contributed by atoms with Crippen molar-refractivity contribution in [1.29, 1.82) is 0 Å². The third-order valence-corrected chi connectivity index (χ3v) is 14.4. The number of allylic oxidation sites excluding steroid dienone is 1. The Balaban J connectivity index is 1.35. The summed E-state index contributed by atoms with van der Waals surface area (Å²) in [5, 5.41) is 41.0. The molecule has 0 radical (unpaired) electrons. The lowest BCUT2D eigenvalue weighted by Gasteiger charge is -2.66. The normalized spacial score (nSPS) is 48.2. The van der Waals surface area contributed by atoms with Gasteiger partial charge in [0, 0.05) is 12.5 Å². The smallest absolute Gasteiger partial charge is 0.187 e. The molecule has 5 rings (SSSR count). The Morgan fingerprint density at radius 3 is 2.23 bits per heavy atom. The van der Waals surface area contributed by atoms with Crippen LogP contribution >= 0.6 is 0 Å². The maximum absolute atomic E-state index is 10.7. The van der Waals surface area contributed by atoms with Gasteiger partial charge in [-0.25, -0.2) is 0 Å². The van der Waals surface area contributed by atoms with Gasteiger partial charge in [-0.1, -0.05) is 67.0 Å². The third kappa shape index (κ3) is 5.46. The molecule has 0 aromatic carbocycles. The van der Waals surface area contributed by atoms with Crippen molar-refractivity contribution in [3.05, 3.63) is 11.6 Å². The van der Waals surface area contributed by atoms with Crippen molar-refractivity contribution in [3.8, 4) is 0 Å². The predicted octanol–water partition coefficient (Wildman–Crippen LogP) is 5.86. The molecule has 3 saturated carbocycles. The van der Waals surface area contributed by atoms with E-state index in [4.69, 9.17) is 14.2 Å². The Kier molecular flexibility index (Phi) is 9.87. The number of ether oxygens (including phenoxy) is 3. The molecule has 5 aliphatic rings. The summed E-state index contributed by atoms with van der Waals surface area (Å²) in [6, 6.07) is 0. The first-order valence-electron chi connectivity index (χ1n) is 17.7. The standard InChI is InChI=1S/C37H64O7/c1-21(2)18-23(42-9)19-22(3)24-14-15-37(8)28-12-10-25-26(35(28,6)16-17-36(24,37)7)11-13-29(34(25,4)5)44-33-32(41)31(40)30(39)27(20-38)43-33/h10,21-24,26-33,38-41H,11-20H2,1-9H3/t22-,23?,24-,26-,27-,28-,29+,30-,31+,32-,33+,35+,36-,37+/m1/s1. The van der Waals surface area contributed by atoms with E-state index in [1.54, 1.807) is 0 Å². The van der Waals surface area contributed by atoms with Crippen molar-refractivity contribution in [2.75, 3.05) is 13.7 Å². The molecule has 4 aliphatic carbocycles. The molecule has 1 heterocycles. The van der Waals surface area contributed by atoms with Gasteiger partial charge in [0.05, 0.1) is 18.8 Å². The lowest BCUT2D eigenvalue weighted by atomic mass is 9.39. The summed E-state index contributed by atoms with van der Waals surface area (Å²) >= 11 is 0. The van der Waals surface area contributed by atoms with Crippen LogP contribution in [0.3, 0.4) is 0 Å². The van der Waals surface area contributed by atoms with Gasteiger partial charge in [-0.05, 0) is 104 Å². The third-order valence-electron chi connectivity index (χ3n) is 14.4. The highest BCUT2D eigenvalue weighted by Crippen LogP contribution is 2.75. The van der Waals surface area contributed by atoms with E-state index in [1.165, 1.54) is 31.3 Å². The van der Waals surface area contributed by atoms with Crippen LogP contribution in [0.1, 0.15) is 113 Å². The fourth-order valence-corrected chi connectivity index (χ4v) is 11.6. The molecule has 0 aromatic rings. The lowest BCUT2D eigenvalue weighted by molar-refractivity contribution is -0.320. The van der Waals surface area contributed by atoms with E-state index < -0.39 is 37.3 Å². The molecule has 7 nitrogen and oxygen atoms in total. The molecule has 1 saturated heterocycles. The molecule has 7 heteroatoms. The van der Waals surface area contributed by atoms with Crippen LogP contribution in [0.25, 0.3) is 0 Å². The molecule has 1 aliphatic heterocycles. The number of rotatable bonds is 9. The van der Waals surface area contributed by atoms with Crippen molar-refractivity contribution in [1.82, 2.24) is 0 Å². The molecule has 4 fully saturated rings. The Labute approximate surface area is 267 Å². The second-order valence-corrected chi connectivity index (χ2v) is 17.3. The minimum Gasteiger partial charge on any atom is -0.394 e. The van der Waals surface area contributed by atoms with Gasteiger partial charge in [0.15, 0.2) is 6.29 Å². The number of aliphatic hydroxyl groups is 4. The molecule has 0 amide bonds. The summed E-state index contributed by atoms with van der Waals surface area (Å²) in [7, 11) is 1.89. The maximum Gasteiger partial charge on any atom is 0.187 e. The van der Waals surface area contributed by atoms with Crippen LogP contribution < -0.4 is 0 Å². The van der Waals surface area contributed by atoms with Gasteiger partial charge in [0.1, 0.15) is 24.4 Å². The number of hydrogen-bond acceptors (Lipinski definition) is 7. The molecular formula is C37H64O7. The van der Waals surface area contributed by atoms with Crippen molar-refractivity contribution >= 4 is 0 Å². The Morgan fingerprint density at radius 2 is 1.59 bits per heavy atom. The molecule has 1 unspecified atom stereocenters. The minimum atomic E-state index is -1.43. The number of aliphatic hydroxyl groups excluding tert-OH is 4. The average Bonchev–Trinajstić information content (AvgIpc) is 3.24. The highest BCUT2D eigenvalue weighted by atomic mass is 16.7. The summed E-state index contributed by atoms with van der Waals surface area (Å²) < 4.78 is 18.2. The van der Waals surface area contributed by atoms with Crippen LogP contribution in [0, 0.1) is 51.2 Å². The topological polar surface area (TPSA) is 109 Å². The fraction of sp³-hybridized carbons (Fsp3) is 0.946. The second kappa shape index (κ2) is 12.5. The SMILES string of the molecule is COC(CC(C)C)C[C@@H](C)[C@H]1CC[C@@]2(C)[C@@H]3CC=C4[C@@H](CC[C@H](O[C@@H]5O[C@H](CO)[C@@H](O)[C@H](O)[C@H]5O)C4(C)C)[C@]3(C)CC[C@]12C. The van der Waals surface area contributed by atoms with Gasteiger partial charge in [0.25, 0.3) is 0 Å². The van der Waals surface area contributed by atoms with Crippen molar-refractivity contribution in [2.45, 2.75) is 156 Å². The maximum atomic E-state index is 10.7. The second-order valence-electron chi connectivity index (χ2n) is 17.3. The van der Waals surface area contributed by atoms with Gasteiger partial charge in [-0.15, -0.1) is 0 Å². The van der Waals surface area contributed by atoms with Gasteiger partial charge in [0.2, 0.25) is 0 Å². The average molecular weight is 621 g/mol. The molecule has 254 valence electrons. The van der Waals surface area contributed by atoms with Gasteiger partial charge >= 0.3 is 0 Å². The highest BCUT2D eigenvalue weighted by molar-refractivity contribution is 5.30. The van der Waals surface area contributed by atoms with Crippen LogP contribution in [0.15, 0.2) is 11.6 Å². The van der Waals surface area contributed by atoms with Crippen molar-refractivity contribution in [2.24, 2.45) is 51.2 Å². The first-order chi connectivity index (χ1) is 20.5. The first-order valence-corrected chi connectivity index (χ1v) is 17.7. The zero-order chi connectivity index (χ0) is 32.4. The van der Waals surface area contributed by atoms with Crippen LogP contribution in [-0.2, 0) is 14.2 Å². The van der Waals surface area contributed by atoms with Gasteiger partial charge < -0.3 is 34.6 Å². The zero-order valence-corrected chi connectivity index (χ0v) is 29.1. The van der Waals surface area contributed by atoms with Crippen LogP contribution in [0.2, 0.25) is 0 Å². The van der Waals surface area contributed by atoms with Crippen LogP contribution in [-0.4, -0.2) is 77.1 Å². The summed E-state index contributed by atoms with van der Waals surface area (Å²) in [5.74, 6) is 3.17. The molecule has 0 aromatic heterocycles.